The Morgan fingerprint density at radius 3 is 2.42 bits per heavy atom. The predicted octanol–water partition coefficient (Wildman–Crippen LogP) is 4.71. The molecular formula is C26H28N2O4S. The zero-order valence-electron chi connectivity index (χ0n) is 18.8. The number of ether oxygens (including phenoxy) is 1. The molecule has 1 heterocycles. The van der Waals surface area contributed by atoms with E-state index < -0.39 is 16.1 Å². The van der Waals surface area contributed by atoms with Crippen LogP contribution in [0.2, 0.25) is 0 Å². The third-order valence-electron chi connectivity index (χ3n) is 5.82. The highest BCUT2D eigenvalue weighted by Crippen LogP contribution is 2.36. The van der Waals surface area contributed by atoms with Crippen LogP contribution in [0.25, 0.3) is 0 Å². The highest BCUT2D eigenvalue weighted by molar-refractivity contribution is 7.89. The molecule has 0 spiro atoms. The normalized spacial score (nSPS) is 16.1. The van der Waals surface area contributed by atoms with E-state index in [1.807, 2.05) is 62.4 Å². The minimum atomic E-state index is -3.81. The Bertz CT molecular complexity index is 1220. The lowest BCUT2D eigenvalue weighted by Gasteiger charge is -2.36. The second kappa shape index (κ2) is 9.77. The molecule has 1 N–H and O–H groups in total. The molecule has 0 fully saturated rings. The first kappa shape index (κ1) is 23.0. The van der Waals surface area contributed by atoms with E-state index in [0.717, 1.165) is 16.7 Å². The fourth-order valence-electron chi connectivity index (χ4n) is 4.16. The largest absolute Gasteiger partial charge is 0.494 e. The molecule has 33 heavy (non-hydrogen) atoms. The van der Waals surface area contributed by atoms with Crippen molar-refractivity contribution < 1.29 is 17.9 Å². The molecule has 1 atom stereocenters. The van der Waals surface area contributed by atoms with Gasteiger partial charge in [0.15, 0.2) is 0 Å². The molecular weight excluding hydrogens is 436 g/mol. The van der Waals surface area contributed by atoms with Crippen molar-refractivity contribution in [3.8, 4) is 5.75 Å². The molecule has 0 aliphatic carbocycles. The van der Waals surface area contributed by atoms with E-state index in [2.05, 4.69) is 5.32 Å². The Kier molecular flexibility index (Phi) is 6.81. The summed E-state index contributed by atoms with van der Waals surface area (Å²) in [7, 11) is -3.81. The van der Waals surface area contributed by atoms with E-state index in [0.29, 0.717) is 31.0 Å². The van der Waals surface area contributed by atoms with Crippen LogP contribution in [-0.4, -0.2) is 31.8 Å². The number of sulfonamides is 1. The predicted molar refractivity (Wildman–Crippen MR) is 129 cm³/mol. The van der Waals surface area contributed by atoms with E-state index in [4.69, 9.17) is 4.74 Å². The van der Waals surface area contributed by atoms with Gasteiger partial charge in [0.2, 0.25) is 15.9 Å². The number of fused-ring (bicyclic) bond motifs is 1. The molecule has 3 aromatic rings. The summed E-state index contributed by atoms with van der Waals surface area (Å²) in [6, 6.07) is 21.1. The molecule has 172 valence electrons. The molecule has 1 aliphatic rings. The monoisotopic (exact) mass is 464 g/mol. The van der Waals surface area contributed by atoms with Gasteiger partial charge in [-0.2, -0.15) is 4.31 Å². The summed E-state index contributed by atoms with van der Waals surface area (Å²) < 4.78 is 34.1. The Balaban J connectivity index is 1.63. The van der Waals surface area contributed by atoms with Crippen LogP contribution in [0.3, 0.4) is 0 Å². The van der Waals surface area contributed by atoms with Crippen LogP contribution in [0.1, 0.15) is 36.1 Å². The van der Waals surface area contributed by atoms with Gasteiger partial charge in [-0.05, 0) is 67.8 Å². The fourth-order valence-corrected chi connectivity index (χ4v) is 5.77. The third-order valence-corrected chi connectivity index (χ3v) is 7.74. The number of hydrogen-bond donors (Lipinski definition) is 1. The molecule has 7 heteroatoms. The molecule has 0 saturated heterocycles. The van der Waals surface area contributed by atoms with Crippen LogP contribution in [-0.2, 0) is 21.2 Å². The Labute approximate surface area is 195 Å². The van der Waals surface area contributed by atoms with Gasteiger partial charge < -0.3 is 10.1 Å². The van der Waals surface area contributed by atoms with Gasteiger partial charge in [-0.15, -0.1) is 0 Å². The SMILES string of the molecule is CCOc1ccc(S(=O)(=O)N2CCc3ccccc3C2CC(=O)Nc2ccc(C)cc2)cc1. The van der Waals surface area contributed by atoms with Gasteiger partial charge in [0.05, 0.1) is 17.5 Å². The van der Waals surface area contributed by atoms with Crippen molar-refractivity contribution in [3.63, 3.8) is 0 Å². The topological polar surface area (TPSA) is 75.7 Å². The first-order valence-electron chi connectivity index (χ1n) is 11.1. The van der Waals surface area contributed by atoms with Crippen LogP contribution < -0.4 is 10.1 Å². The first-order valence-corrected chi connectivity index (χ1v) is 12.5. The van der Waals surface area contributed by atoms with Crippen molar-refractivity contribution in [3.05, 3.63) is 89.5 Å². The van der Waals surface area contributed by atoms with Crippen LogP contribution >= 0.6 is 0 Å². The average Bonchev–Trinajstić information content (AvgIpc) is 2.81. The number of amides is 1. The van der Waals surface area contributed by atoms with Crippen LogP contribution in [0.4, 0.5) is 5.69 Å². The average molecular weight is 465 g/mol. The second-order valence-electron chi connectivity index (χ2n) is 8.10. The van der Waals surface area contributed by atoms with Crippen molar-refractivity contribution in [2.24, 2.45) is 0 Å². The first-order chi connectivity index (χ1) is 15.9. The van der Waals surface area contributed by atoms with Crippen molar-refractivity contribution in [1.29, 1.82) is 0 Å². The maximum atomic E-state index is 13.6. The molecule has 0 saturated carbocycles. The van der Waals surface area contributed by atoms with E-state index in [-0.39, 0.29) is 17.2 Å². The third kappa shape index (κ3) is 5.10. The molecule has 0 radical (unpaired) electrons. The van der Waals surface area contributed by atoms with E-state index in [1.54, 1.807) is 24.3 Å². The molecule has 3 aromatic carbocycles. The van der Waals surface area contributed by atoms with E-state index >= 15 is 0 Å². The number of anilines is 1. The molecule has 6 nitrogen and oxygen atoms in total. The molecule has 0 aromatic heterocycles. The lowest BCUT2D eigenvalue weighted by atomic mass is 9.92. The molecule has 0 bridgehead atoms. The van der Waals surface area contributed by atoms with Gasteiger partial charge >= 0.3 is 0 Å². The van der Waals surface area contributed by atoms with E-state index in [1.165, 1.54) is 4.31 Å². The summed E-state index contributed by atoms with van der Waals surface area (Å²) in [5, 5.41) is 2.90. The van der Waals surface area contributed by atoms with Crippen molar-refractivity contribution in [2.45, 2.75) is 37.6 Å². The smallest absolute Gasteiger partial charge is 0.243 e. The Hall–Kier alpha value is -3.16. The maximum absolute atomic E-state index is 13.6. The standard InChI is InChI=1S/C26H28N2O4S/c1-3-32-22-12-14-23(15-13-22)33(30,31)28-17-16-20-6-4-5-7-24(20)25(28)18-26(29)27-21-10-8-19(2)9-11-21/h4-15,25H,3,16-18H2,1-2H3,(H,27,29). The number of carbonyl (C=O) groups is 1. The minimum absolute atomic E-state index is 0.0289. The zero-order chi connectivity index (χ0) is 23.4. The number of benzene rings is 3. The number of carbonyl (C=O) groups excluding carboxylic acids is 1. The van der Waals surface area contributed by atoms with Crippen molar-refractivity contribution in [1.82, 2.24) is 4.31 Å². The van der Waals surface area contributed by atoms with Crippen LogP contribution in [0, 0.1) is 6.92 Å². The number of rotatable bonds is 7. The maximum Gasteiger partial charge on any atom is 0.243 e. The number of aryl methyl sites for hydroxylation is 1. The van der Waals surface area contributed by atoms with Gasteiger partial charge in [-0.3, -0.25) is 4.79 Å². The molecule has 4 rings (SSSR count). The highest BCUT2D eigenvalue weighted by Gasteiger charge is 2.37. The van der Waals surface area contributed by atoms with Gasteiger partial charge in [-0.25, -0.2) is 8.42 Å². The number of nitrogens with one attached hydrogen (secondary N) is 1. The van der Waals surface area contributed by atoms with Gasteiger partial charge in [0.1, 0.15) is 5.75 Å². The van der Waals surface area contributed by atoms with Crippen molar-refractivity contribution >= 4 is 21.6 Å². The highest BCUT2D eigenvalue weighted by atomic mass is 32.2. The lowest BCUT2D eigenvalue weighted by molar-refractivity contribution is -0.117. The van der Waals surface area contributed by atoms with E-state index in [9.17, 15) is 13.2 Å². The molecule has 1 unspecified atom stereocenters. The molecule has 1 amide bonds. The fraction of sp³-hybridized carbons (Fsp3) is 0.269. The van der Waals surface area contributed by atoms with Crippen molar-refractivity contribution in [2.75, 3.05) is 18.5 Å². The molecule has 1 aliphatic heterocycles. The van der Waals surface area contributed by atoms with Gasteiger partial charge in [0, 0.05) is 18.7 Å². The Morgan fingerprint density at radius 1 is 1.03 bits per heavy atom. The summed E-state index contributed by atoms with van der Waals surface area (Å²) in [6.07, 6.45) is 0.629. The number of hydrogen-bond acceptors (Lipinski definition) is 4. The zero-order valence-corrected chi connectivity index (χ0v) is 19.6. The van der Waals surface area contributed by atoms with Crippen LogP contribution in [0.5, 0.6) is 5.75 Å². The van der Waals surface area contributed by atoms with Gasteiger partial charge in [0.25, 0.3) is 0 Å². The number of nitrogens with zero attached hydrogens (tertiary/aromatic N) is 1. The van der Waals surface area contributed by atoms with Crippen LogP contribution in [0.15, 0.2) is 77.7 Å². The quantitative estimate of drug-likeness (QED) is 0.549. The summed E-state index contributed by atoms with van der Waals surface area (Å²) in [6.45, 7) is 4.68. The minimum Gasteiger partial charge on any atom is -0.494 e. The van der Waals surface area contributed by atoms with Gasteiger partial charge in [-0.1, -0.05) is 42.0 Å². The summed E-state index contributed by atoms with van der Waals surface area (Å²) in [5.74, 6) is 0.391. The summed E-state index contributed by atoms with van der Waals surface area (Å²) in [4.78, 5) is 13.1. The lowest BCUT2D eigenvalue weighted by Crippen LogP contribution is -2.41. The summed E-state index contributed by atoms with van der Waals surface area (Å²) in [5.41, 5.74) is 3.73. The second-order valence-corrected chi connectivity index (χ2v) is 9.99. The summed E-state index contributed by atoms with van der Waals surface area (Å²) >= 11 is 0. The Morgan fingerprint density at radius 2 is 1.73 bits per heavy atom.